The summed E-state index contributed by atoms with van der Waals surface area (Å²) in [6.07, 6.45) is 10.3. The number of morpholine rings is 1. The minimum absolute atomic E-state index is 0.200. The fraction of sp³-hybridized carbons (Fsp3) is 0.318. The van der Waals surface area contributed by atoms with E-state index in [2.05, 4.69) is 21.8 Å². The molecule has 148 valence electrons. The number of aromatic nitrogens is 4. The zero-order valence-electron chi connectivity index (χ0n) is 16.2. The summed E-state index contributed by atoms with van der Waals surface area (Å²) in [5.41, 5.74) is 3.54. The van der Waals surface area contributed by atoms with Gasteiger partial charge in [-0.2, -0.15) is 0 Å². The van der Waals surface area contributed by atoms with Crippen LogP contribution in [0.1, 0.15) is 13.3 Å². The highest BCUT2D eigenvalue weighted by atomic mass is 19.1. The summed E-state index contributed by atoms with van der Waals surface area (Å²) in [4.78, 5) is 16.0. The average Bonchev–Trinajstić information content (AvgIpc) is 3.14. The van der Waals surface area contributed by atoms with Crippen molar-refractivity contribution in [3.8, 4) is 11.4 Å². The lowest BCUT2D eigenvalue weighted by molar-refractivity contribution is 0.0529. The van der Waals surface area contributed by atoms with Crippen molar-refractivity contribution in [3.05, 3.63) is 55.0 Å². The van der Waals surface area contributed by atoms with Crippen molar-refractivity contribution >= 4 is 22.5 Å². The van der Waals surface area contributed by atoms with E-state index in [1.54, 1.807) is 18.5 Å². The van der Waals surface area contributed by atoms with E-state index in [1.807, 2.05) is 41.1 Å². The summed E-state index contributed by atoms with van der Waals surface area (Å²) in [5.74, 6) is 1.71. The fourth-order valence-corrected chi connectivity index (χ4v) is 3.86. The van der Waals surface area contributed by atoms with Crippen LogP contribution >= 0.6 is 0 Å². The van der Waals surface area contributed by atoms with Crippen LogP contribution in [0.5, 0.6) is 0 Å². The number of pyridine rings is 2. The largest absolute Gasteiger partial charge is 0.375 e. The van der Waals surface area contributed by atoms with Crippen LogP contribution in [0.4, 0.5) is 10.2 Å². The molecule has 1 aliphatic carbocycles. The second kappa shape index (κ2) is 7.40. The summed E-state index contributed by atoms with van der Waals surface area (Å²) in [7, 11) is 0. The molecule has 2 aliphatic rings. The maximum atomic E-state index is 13.6. The summed E-state index contributed by atoms with van der Waals surface area (Å²) in [6.45, 7) is 4.45. The van der Waals surface area contributed by atoms with Crippen LogP contribution in [0.15, 0.2) is 55.0 Å². The molecular weight excluding hydrogens is 369 g/mol. The normalized spacial score (nSPS) is 22.1. The van der Waals surface area contributed by atoms with Gasteiger partial charge in [0.25, 0.3) is 0 Å². The van der Waals surface area contributed by atoms with Gasteiger partial charge in [-0.05, 0) is 37.3 Å². The van der Waals surface area contributed by atoms with Crippen molar-refractivity contribution in [2.75, 3.05) is 24.6 Å². The number of nitrogens with zero attached hydrogens (tertiary/aromatic N) is 5. The Hall–Kier alpha value is -3.06. The first kappa shape index (κ1) is 18.0. The third-order valence-electron chi connectivity index (χ3n) is 5.31. The number of hydrogen-bond acceptors (Lipinski definition) is 5. The minimum Gasteiger partial charge on any atom is -0.375 e. The lowest BCUT2D eigenvalue weighted by atomic mass is 10.1. The van der Waals surface area contributed by atoms with Crippen molar-refractivity contribution in [1.82, 2.24) is 19.5 Å². The molecule has 0 aromatic carbocycles. The number of anilines is 1. The molecule has 5 rings (SSSR count). The van der Waals surface area contributed by atoms with Gasteiger partial charge in [-0.3, -0.25) is 9.55 Å². The van der Waals surface area contributed by atoms with Crippen molar-refractivity contribution in [3.63, 3.8) is 0 Å². The van der Waals surface area contributed by atoms with Crippen molar-refractivity contribution < 1.29 is 9.13 Å². The van der Waals surface area contributed by atoms with E-state index in [0.717, 1.165) is 47.0 Å². The van der Waals surface area contributed by atoms with Crippen LogP contribution in [0.3, 0.4) is 0 Å². The van der Waals surface area contributed by atoms with Gasteiger partial charge in [-0.25, -0.2) is 14.4 Å². The van der Waals surface area contributed by atoms with E-state index >= 15 is 0 Å². The van der Waals surface area contributed by atoms with Gasteiger partial charge in [-0.15, -0.1) is 0 Å². The molecule has 0 N–H and O–H groups in total. The average molecular weight is 391 g/mol. The second-order valence-electron chi connectivity index (χ2n) is 7.41. The Kier molecular flexibility index (Phi) is 4.60. The van der Waals surface area contributed by atoms with Crippen LogP contribution in [0.25, 0.3) is 28.1 Å². The molecule has 6 nitrogen and oxygen atoms in total. The highest BCUT2D eigenvalue weighted by Crippen LogP contribution is 2.30. The molecule has 0 spiro atoms. The molecule has 7 heteroatoms. The number of fused-ring (bicyclic) bond motifs is 1. The van der Waals surface area contributed by atoms with Gasteiger partial charge in [0.15, 0.2) is 0 Å². The number of imidazole rings is 1. The molecule has 0 amide bonds. The Morgan fingerprint density at radius 3 is 2.90 bits per heavy atom. The zero-order chi connectivity index (χ0) is 19.8. The number of hydrogen-bond donors (Lipinski definition) is 0. The van der Waals surface area contributed by atoms with Crippen molar-refractivity contribution in [2.24, 2.45) is 0 Å². The van der Waals surface area contributed by atoms with E-state index < -0.39 is 6.17 Å². The Labute approximate surface area is 168 Å². The fourth-order valence-electron chi connectivity index (χ4n) is 3.86. The van der Waals surface area contributed by atoms with Gasteiger partial charge in [0, 0.05) is 43.2 Å². The Morgan fingerprint density at radius 2 is 2.14 bits per heavy atom. The molecule has 0 radical (unpaired) electrons. The molecule has 3 aromatic heterocycles. The van der Waals surface area contributed by atoms with E-state index in [1.165, 1.54) is 0 Å². The topological polar surface area (TPSA) is 56.1 Å². The summed E-state index contributed by atoms with van der Waals surface area (Å²) < 4.78 is 21.2. The van der Waals surface area contributed by atoms with Gasteiger partial charge in [0.1, 0.15) is 17.8 Å². The molecule has 1 fully saturated rings. The maximum Gasteiger partial charge on any atom is 0.147 e. The van der Waals surface area contributed by atoms with Crippen molar-refractivity contribution in [2.45, 2.75) is 25.6 Å². The van der Waals surface area contributed by atoms with Gasteiger partial charge >= 0.3 is 0 Å². The van der Waals surface area contributed by atoms with E-state index in [4.69, 9.17) is 9.72 Å². The third kappa shape index (κ3) is 3.42. The van der Waals surface area contributed by atoms with Crippen LogP contribution in [-0.4, -0.2) is 51.5 Å². The standard InChI is InChI=1S/C22H22FN5O/c1-15-14-27(10-11-29-15)21-7-2-16(12-25-21)22-26-19-8-9-24-13-20(19)28(22)18-5-3-17(23)4-6-18/h2-3,5-9,12-13,15,17H,4,10-11,14H2,1H3. The monoisotopic (exact) mass is 391 g/mol. The first-order valence-electron chi connectivity index (χ1n) is 9.87. The first-order chi connectivity index (χ1) is 14.2. The van der Waals surface area contributed by atoms with Crippen LogP contribution < -0.4 is 4.90 Å². The molecule has 0 saturated carbocycles. The minimum atomic E-state index is -0.938. The quantitative estimate of drug-likeness (QED) is 0.679. The Bertz CT molecular complexity index is 1090. The molecule has 1 saturated heterocycles. The van der Waals surface area contributed by atoms with Gasteiger partial charge in [0.2, 0.25) is 0 Å². The highest BCUT2D eigenvalue weighted by Gasteiger charge is 2.20. The second-order valence-corrected chi connectivity index (χ2v) is 7.41. The molecule has 29 heavy (non-hydrogen) atoms. The zero-order valence-corrected chi connectivity index (χ0v) is 16.2. The summed E-state index contributed by atoms with van der Waals surface area (Å²) >= 11 is 0. The molecular formula is C22H22FN5O. The number of alkyl halides is 1. The molecule has 4 heterocycles. The Balaban J connectivity index is 1.55. The van der Waals surface area contributed by atoms with Crippen LogP contribution in [0.2, 0.25) is 0 Å². The highest BCUT2D eigenvalue weighted by molar-refractivity contribution is 5.86. The number of ether oxygens (including phenoxy) is 1. The predicted molar refractivity (Wildman–Crippen MR) is 111 cm³/mol. The third-order valence-corrected chi connectivity index (χ3v) is 5.31. The van der Waals surface area contributed by atoms with Crippen LogP contribution in [0, 0.1) is 0 Å². The van der Waals surface area contributed by atoms with Crippen molar-refractivity contribution in [1.29, 1.82) is 0 Å². The predicted octanol–water partition coefficient (Wildman–Crippen LogP) is 3.86. The van der Waals surface area contributed by atoms with E-state index in [9.17, 15) is 4.39 Å². The van der Waals surface area contributed by atoms with E-state index in [0.29, 0.717) is 13.0 Å². The molecule has 2 unspecified atom stereocenters. The number of rotatable bonds is 3. The molecule has 0 bridgehead atoms. The first-order valence-corrected chi connectivity index (χ1v) is 9.87. The van der Waals surface area contributed by atoms with Gasteiger partial charge in [0.05, 0.1) is 29.9 Å². The van der Waals surface area contributed by atoms with Gasteiger partial charge in [-0.1, -0.05) is 6.08 Å². The maximum absolute atomic E-state index is 13.6. The van der Waals surface area contributed by atoms with Gasteiger partial charge < -0.3 is 9.64 Å². The lowest BCUT2D eigenvalue weighted by Gasteiger charge is -2.32. The molecule has 1 aliphatic heterocycles. The van der Waals surface area contributed by atoms with Crippen LogP contribution in [-0.2, 0) is 4.74 Å². The lowest BCUT2D eigenvalue weighted by Crippen LogP contribution is -2.41. The summed E-state index contributed by atoms with van der Waals surface area (Å²) in [5, 5.41) is 0. The smallest absolute Gasteiger partial charge is 0.147 e. The SMILES string of the molecule is CC1CN(c2ccc(-c3nc4ccncc4n3C3=CCC(F)C=C3)cn2)CCO1. The van der Waals surface area contributed by atoms with E-state index in [-0.39, 0.29) is 6.10 Å². The Morgan fingerprint density at radius 1 is 1.21 bits per heavy atom. The summed E-state index contributed by atoms with van der Waals surface area (Å²) in [6, 6.07) is 5.95. The molecule has 3 aromatic rings. The number of allylic oxidation sites excluding steroid dienone is 4. The molecule has 2 atom stereocenters. The number of halogens is 1.